The van der Waals surface area contributed by atoms with Crippen molar-refractivity contribution in [2.45, 2.75) is 19.4 Å². The largest absolute Gasteiger partial charge is 0.478 e. The highest BCUT2D eigenvalue weighted by atomic mass is 16.5. The normalized spacial score (nSPS) is 11.9. The van der Waals surface area contributed by atoms with Gasteiger partial charge in [-0.25, -0.2) is 4.79 Å². The Morgan fingerprint density at radius 3 is 2.89 bits per heavy atom. The summed E-state index contributed by atoms with van der Waals surface area (Å²) in [5.74, 6) is -1.66. The Bertz CT molecular complexity index is 434. The number of rotatable bonds is 6. The van der Waals surface area contributed by atoms with Crippen LogP contribution in [0.4, 0.5) is 0 Å². The SMILES string of the molecule is COCCC(C)NC(=O)c1ncccc1C(=O)O. The summed E-state index contributed by atoms with van der Waals surface area (Å²) in [6.07, 6.45) is 2.04. The van der Waals surface area contributed by atoms with Crippen molar-refractivity contribution in [2.75, 3.05) is 13.7 Å². The number of hydrogen-bond donors (Lipinski definition) is 2. The summed E-state index contributed by atoms with van der Waals surface area (Å²) in [5.41, 5.74) is -0.178. The molecule has 0 saturated carbocycles. The molecule has 1 heterocycles. The number of ether oxygens (including phenoxy) is 1. The van der Waals surface area contributed by atoms with Gasteiger partial charge in [-0.3, -0.25) is 9.78 Å². The van der Waals surface area contributed by atoms with Crippen LogP contribution in [0.5, 0.6) is 0 Å². The molecule has 2 N–H and O–H groups in total. The Kier molecular flexibility index (Phi) is 5.26. The molecule has 0 aliphatic rings. The van der Waals surface area contributed by atoms with Crippen LogP contribution >= 0.6 is 0 Å². The van der Waals surface area contributed by atoms with Gasteiger partial charge in [-0.05, 0) is 25.5 Å². The van der Waals surface area contributed by atoms with Gasteiger partial charge < -0.3 is 15.2 Å². The highest BCUT2D eigenvalue weighted by Gasteiger charge is 2.18. The van der Waals surface area contributed by atoms with Crippen molar-refractivity contribution < 1.29 is 19.4 Å². The molecule has 0 aliphatic carbocycles. The number of carbonyl (C=O) groups excluding carboxylic acids is 1. The number of pyridine rings is 1. The zero-order chi connectivity index (χ0) is 13.5. The molecule has 1 unspecified atom stereocenters. The molecule has 1 aromatic heterocycles. The summed E-state index contributed by atoms with van der Waals surface area (Å²) in [7, 11) is 1.58. The van der Waals surface area contributed by atoms with Crippen LogP contribution in [0.25, 0.3) is 0 Å². The second-order valence-electron chi connectivity index (χ2n) is 3.86. The fourth-order valence-corrected chi connectivity index (χ4v) is 1.42. The molecule has 0 radical (unpaired) electrons. The number of aromatic nitrogens is 1. The summed E-state index contributed by atoms with van der Waals surface area (Å²) in [6.45, 7) is 2.34. The first kappa shape index (κ1) is 14.1. The second kappa shape index (κ2) is 6.70. The van der Waals surface area contributed by atoms with Gasteiger partial charge in [-0.15, -0.1) is 0 Å². The molecule has 0 fully saturated rings. The number of methoxy groups -OCH3 is 1. The maximum Gasteiger partial charge on any atom is 0.338 e. The average Bonchev–Trinajstić information content (AvgIpc) is 2.36. The number of nitrogens with zero attached hydrogens (tertiary/aromatic N) is 1. The molecule has 18 heavy (non-hydrogen) atoms. The van der Waals surface area contributed by atoms with Gasteiger partial charge in [-0.2, -0.15) is 0 Å². The van der Waals surface area contributed by atoms with Crippen LogP contribution in [0.2, 0.25) is 0 Å². The third-order valence-electron chi connectivity index (χ3n) is 2.39. The highest BCUT2D eigenvalue weighted by Crippen LogP contribution is 2.06. The van der Waals surface area contributed by atoms with Gasteiger partial charge in [-0.1, -0.05) is 0 Å². The third kappa shape index (κ3) is 3.81. The van der Waals surface area contributed by atoms with Crippen molar-refractivity contribution >= 4 is 11.9 Å². The lowest BCUT2D eigenvalue weighted by atomic mass is 10.1. The molecular formula is C12H16N2O4. The molecule has 0 bridgehead atoms. The summed E-state index contributed by atoms with van der Waals surface area (Å²) < 4.78 is 4.90. The summed E-state index contributed by atoms with van der Waals surface area (Å²) in [4.78, 5) is 26.6. The first-order chi connectivity index (χ1) is 8.56. The molecule has 0 aliphatic heterocycles. The number of carbonyl (C=O) groups is 2. The first-order valence-corrected chi connectivity index (χ1v) is 5.54. The number of aromatic carboxylic acids is 1. The number of nitrogens with one attached hydrogen (secondary N) is 1. The van der Waals surface area contributed by atoms with Gasteiger partial charge in [0.1, 0.15) is 5.69 Å². The van der Waals surface area contributed by atoms with E-state index in [-0.39, 0.29) is 17.3 Å². The molecule has 1 rings (SSSR count). The molecule has 1 amide bonds. The summed E-state index contributed by atoms with van der Waals surface area (Å²) >= 11 is 0. The minimum atomic E-state index is -1.17. The summed E-state index contributed by atoms with van der Waals surface area (Å²) in [5, 5.41) is 11.6. The molecular weight excluding hydrogens is 236 g/mol. The van der Waals surface area contributed by atoms with E-state index in [4.69, 9.17) is 9.84 Å². The minimum Gasteiger partial charge on any atom is -0.478 e. The van der Waals surface area contributed by atoms with E-state index in [1.807, 2.05) is 6.92 Å². The van der Waals surface area contributed by atoms with E-state index in [9.17, 15) is 9.59 Å². The van der Waals surface area contributed by atoms with Crippen LogP contribution in [0.3, 0.4) is 0 Å². The van der Waals surface area contributed by atoms with E-state index in [0.717, 1.165) is 0 Å². The monoisotopic (exact) mass is 252 g/mol. The van der Waals surface area contributed by atoms with Gasteiger partial charge in [0, 0.05) is 26.0 Å². The average molecular weight is 252 g/mol. The van der Waals surface area contributed by atoms with Gasteiger partial charge in [0.25, 0.3) is 5.91 Å². The third-order valence-corrected chi connectivity index (χ3v) is 2.39. The maximum atomic E-state index is 11.9. The molecule has 1 atom stereocenters. The Labute approximate surface area is 105 Å². The quantitative estimate of drug-likeness (QED) is 0.786. The van der Waals surface area contributed by atoms with E-state index < -0.39 is 11.9 Å². The lowest BCUT2D eigenvalue weighted by Crippen LogP contribution is -2.34. The predicted octanol–water partition coefficient (Wildman–Crippen LogP) is 0.935. The minimum absolute atomic E-state index is 0.0748. The fraction of sp³-hybridized carbons (Fsp3) is 0.417. The smallest absolute Gasteiger partial charge is 0.338 e. The molecule has 98 valence electrons. The Balaban J connectivity index is 2.75. The van der Waals surface area contributed by atoms with E-state index >= 15 is 0 Å². The molecule has 1 aromatic rings. The van der Waals surface area contributed by atoms with Gasteiger partial charge >= 0.3 is 5.97 Å². The van der Waals surface area contributed by atoms with E-state index in [2.05, 4.69) is 10.3 Å². The summed E-state index contributed by atoms with van der Waals surface area (Å²) in [6, 6.07) is 2.72. The number of amides is 1. The molecule has 0 saturated heterocycles. The Morgan fingerprint density at radius 2 is 2.28 bits per heavy atom. The van der Waals surface area contributed by atoms with Crippen LogP contribution < -0.4 is 5.32 Å². The zero-order valence-electron chi connectivity index (χ0n) is 10.3. The highest BCUT2D eigenvalue weighted by molar-refractivity contribution is 6.03. The van der Waals surface area contributed by atoms with Crippen molar-refractivity contribution in [2.24, 2.45) is 0 Å². The van der Waals surface area contributed by atoms with Crippen LogP contribution in [-0.2, 0) is 4.74 Å². The molecule has 6 nitrogen and oxygen atoms in total. The van der Waals surface area contributed by atoms with E-state index in [1.54, 1.807) is 7.11 Å². The van der Waals surface area contributed by atoms with Crippen molar-refractivity contribution in [3.05, 3.63) is 29.6 Å². The number of carboxylic acids is 1. The molecule has 0 spiro atoms. The first-order valence-electron chi connectivity index (χ1n) is 5.54. The fourth-order valence-electron chi connectivity index (χ4n) is 1.42. The van der Waals surface area contributed by atoms with Crippen LogP contribution in [0, 0.1) is 0 Å². The zero-order valence-corrected chi connectivity index (χ0v) is 10.3. The van der Waals surface area contributed by atoms with Crippen molar-refractivity contribution in [1.29, 1.82) is 0 Å². The number of hydrogen-bond acceptors (Lipinski definition) is 4. The van der Waals surface area contributed by atoms with E-state index in [0.29, 0.717) is 13.0 Å². The standard InChI is InChI=1S/C12H16N2O4/c1-8(5-7-18-2)14-11(15)10-9(12(16)17)4-3-6-13-10/h3-4,6,8H,5,7H2,1-2H3,(H,14,15)(H,16,17). The van der Waals surface area contributed by atoms with Gasteiger partial charge in [0.15, 0.2) is 0 Å². The van der Waals surface area contributed by atoms with Crippen LogP contribution in [-0.4, -0.2) is 41.7 Å². The van der Waals surface area contributed by atoms with Gasteiger partial charge in [0.2, 0.25) is 0 Å². The maximum absolute atomic E-state index is 11.9. The van der Waals surface area contributed by atoms with E-state index in [1.165, 1.54) is 18.3 Å². The van der Waals surface area contributed by atoms with Crippen molar-refractivity contribution in [3.63, 3.8) is 0 Å². The number of carboxylic acid groups (broad SMARTS) is 1. The Morgan fingerprint density at radius 1 is 1.56 bits per heavy atom. The van der Waals surface area contributed by atoms with Crippen molar-refractivity contribution in [1.82, 2.24) is 10.3 Å². The lowest BCUT2D eigenvalue weighted by molar-refractivity contribution is 0.0689. The predicted molar refractivity (Wildman–Crippen MR) is 64.6 cm³/mol. The molecule has 0 aromatic carbocycles. The topological polar surface area (TPSA) is 88.5 Å². The lowest BCUT2D eigenvalue weighted by Gasteiger charge is -2.13. The second-order valence-corrected chi connectivity index (χ2v) is 3.86. The van der Waals surface area contributed by atoms with Crippen LogP contribution in [0.1, 0.15) is 34.2 Å². The Hall–Kier alpha value is -1.95. The van der Waals surface area contributed by atoms with Crippen LogP contribution in [0.15, 0.2) is 18.3 Å². The molecule has 6 heteroatoms. The van der Waals surface area contributed by atoms with Gasteiger partial charge in [0.05, 0.1) is 5.56 Å². The van der Waals surface area contributed by atoms with Crippen molar-refractivity contribution in [3.8, 4) is 0 Å².